The predicted octanol–water partition coefficient (Wildman–Crippen LogP) is -0.298. The molecule has 1 aromatic rings. The second-order valence-corrected chi connectivity index (χ2v) is 4.94. The summed E-state index contributed by atoms with van der Waals surface area (Å²) >= 11 is 0. The van der Waals surface area contributed by atoms with Crippen LogP contribution in [0, 0.1) is 0 Å². The maximum atomic E-state index is 10.0. The molecular weight excluding hydrogens is 260 g/mol. The van der Waals surface area contributed by atoms with Crippen LogP contribution >= 0.6 is 0 Å². The second-order valence-electron chi connectivity index (χ2n) is 4.94. The number of hydrogen-bond donors (Lipinski definition) is 3. The Morgan fingerprint density at radius 1 is 1.45 bits per heavy atom. The molecule has 0 saturated carbocycles. The monoisotopic (exact) mass is 282 g/mol. The highest BCUT2D eigenvalue weighted by Gasteiger charge is 2.21. The number of rotatable bonds is 6. The Bertz CT molecular complexity index is 416. The molecule has 2 rings (SSSR count). The molecule has 2 atom stereocenters. The van der Waals surface area contributed by atoms with Gasteiger partial charge in [0.05, 0.1) is 25.0 Å². The molecule has 2 unspecified atom stereocenters. The van der Waals surface area contributed by atoms with Crippen molar-refractivity contribution in [3.63, 3.8) is 0 Å². The molecule has 1 aliphatic rings. The Morgan fingerprint density at radius 3 is 3.00 bits per heavy atom. The van der Waals surface area contributed by atoms with Crippen LogP contribution in [0.1, 0.15) is 0 Å². The minimum absolute atomic E-state index is 0.00362. The Hall–Kier alpha value is -1.34. The van der Waals surface area contributed by atoms with E-state index in [-0.39, 0.29) is 19.3 Å². The molecule has 0 aliphatic carbocycles. The summed E-state index contributed by atoms with van der Waals surface area (Å²) in [5.74, 6) is 0.585. The van der Waals surface area contributed by atoms with E-state index in [9.17, 15) is 5.11 Å². The summed E-state index contributed by atoms with van der Waals surface area (Å²) in [6.45, 7) is 2.64. The number of aliphatic hydroxyl groups excluding tert-OH is 2. The first-order valence-electron chi connectivity index (χ1n) is 6.79. The van der Waals surface area contributed by atoms with Gasteiger partial charge in [-0.25, -0.2) is 0 Å². The van der Waals surface area contributed by atoms with Gasteiger partial charge in [-0.15, -0.1) is 0 Å². The average Bonchev–Trinajstić information content (AvgIpc) is 2.46. The molecule has 0 radical (unpaired) electrons. The summed E-state index contributed by atoms with van der Waals surface area (Å²) < 4.78 is 10.9. The fourth-order valence-electron chi connectivity index (χ4n) is 2.21. The van der Waals surface area contributed by atoms with Gasteiger partial charge in [0.2, 0.25) is 0 Å². The van der Waals surface area contributed by atoms with E-state index in [4.69, 9.17) is 20.3 Å². The Morgan fingerprint density at radius 2 is 2.25 bits per heavy atom. The van der Waals surface area contributed by atoms with Gasteiger partial charge in [-0.1, -0.05) is 12.1 Å². The number of anilines is 1. The third-order valence-electron chi connectivity index (χ3n) is 3.25. The number of aliphatic hydroxyl groups is 2. The van der Waals surface area contributed by atoms with Gasteiger partial charge in [0.25, 0.3) is 0 Å². The maximum absolute atomic E-state index is 10.0. The molecular formula is C14H22N2O4. The minimum atomic E-state index is -0.605. The third kappa shape index (κ3) is 4.35. The standard InChI is InChI=1S/C14H22N2O4/c15-13-3-1-2-4-14(13)20-10-11(18)7-16-5-6-19-12(8-16)9-17/h1-4,11-12,17-18H,5-10,15H2. The lowest BCUT2D eigenvalue weighted by molar-refractivity contribution is -0.0641. The van der Waals surface area contributed by atoms with Crippen molar-refractivity contribution in [1.82, 2.24) is 4.90 Å². The van der Waals surface area contributed by atoms with Crippen LogP contribution in [-0.4, -0.2) is 66.8 Å². The Kier molecular flexibility index (Phi) is 5.60. The van der Waals surface area contributed by atoms with E-state index in [1.165, 1.54) is 0 Å². The number of β-amino-alcohol motifs (C(OH)–C–C–N with tert-alkyl or cyclic N) is 1. The minimum Gasteiger partial charge on any atom is -0.489 e. The lowest BCUT2D eigenvalue weighted by Crippen LogP contribution is -2.47. The van der Waals surface area contributed by atoms with Crippen LogP contribution in [0.3, 0.4) is 0 Å². The van der Waals surface area contributed by atoms with Crippen LogP contribution < -0.4 is 10.5 Å². The molecule has 4 N–H and O–H groups in total. The maximum Gasteiger partial charge on any atom is 0.142 e. The predicted molar refractivity (Wildman–Crippen MR) is 75.6 cm³/mol. The number of morpholine rings is 1. The van der Waals surface area contributed by atoms with Crippen LogP contribution in [0.25, 0.3) is 0 Å². The fourth-order valence-corrected chi connectivity index (χ4v) is 2.21. The van der Waals surface area contributed by atoms with Crippen molar-refractivity contribution in [2.24, 2.45) is 0 Å². The van der Waals surface area contributed by atoms with Crippen LogP contribution in [0.15, 0.2) is 24.3 Å². The number of nitrogen functional groups attached to an aromatic ring is 1. The van der Waals surface area contributed by atoms with Crippen LogP contribution in [0.4, 0.5) is 5.69 Å². The van der Waals surface area contributed by atoms with Gasteiger partial charge in [-0.3, -0.25) is 4.90 Å². The summed E-state index contributed by atoms with van der Waals surface area (Å²) in [7, 11) is 0. The summed E-state index contributed by atoms with van der Waals surface area (Å²) in [5.41, 5.74) is 6.33. The molecule has 1 aromatic carbocycles. The van der Waals surface area contributed by atoms with Gasteiger partial charge in [-0.05, 0) is 12.1 Å². The Labute approximate surface area is 118 Å². The summed E-state index contributed by atoms with van der Waals surface area (Å²) in [5, 5.41) is 19.1. The van der Waals surface area contributed by atoms with Gasteiger partial charge in [0, 0.05) is 19.6 Å². The first-order chi connectivity index (χ1) is 9.69. The van der Waals surface area contributed by atoms with E-state index in [1.54, 1.807) is 12.1 Å². The molecule has 112 valence electrons. The molecule has 6 heteroatoms. The molecule has 0 aromatic heterocycles. The van der Waals surface area contributed by atoms with E-state index in [0.717, 1.165) is 6.54 Å². The number of benzene rings is 1. The average molecular weight is 282 g/mol. The van der Waals surface area contributed by atoms with Crippen molar-refractivity contribution in [2.45, 2.75) is 12.2 Å². The summed E-state index contributed by atoms with van der Waals surface area (Å²) in [4.78, 5) is 2.06. The number of ether oxygens (including phenoxy) is 2. The highest BCUT2D eigenvalue weighted by atomic mass is 16.5. The van der Waals surface area contributed by atoms with Crippen molar-refractivity contribution in [1.29, 1.82) is 0 Å². The van der Waals surface area contributed by atoms with E-state index >= 15 is 0 Å². The molecule has 1 fully saturated rings. The van der Waals surface area contributed by atoms with Gasteiger partial charge in [0.1, 0.15) is 18.5 Å². The fraction of sp³-hybridized carbons (Fsp3) is 0.571. The zero-order valence-corrected chi connectivity index (χ0v) is 11.4. The number of nitrogens with zero attached hydrogens (tertiary/aromatic N) is 1. The largest absolute Gasteiger partial charge is 0.489 e. The molecule has 20 heavy (non-hydrogen) atoms. The van der Waals surface area contributed by atoms with Crippen LogP contribution in [-0.2, 0) is 4.74 Å². The normalized spacial score (nSPS) is 21.6. The van der Waals surface area contributed by atoms with E-state index in [0.29, 0.717) is 31.1 Å². The second kappa shape index (κ2) is 7.44. The topological polar surface area (TPSA) is 88.2 Å². The molecule has 6 nitrogen and oxygen atoms in total. The first-order valence-corrected chi connectivity index (χ1v) is 6.79. The van der Waals surface area contributed by atoms with Gasteiger partial charge in [0.15, 0.2) is 0 Å². The molecule has 1 saturated heterocycles. The molecule has 1 heterocycles. The number of nitrogens with two attached hydrogens (primary N) is 1. The van der Waals surface area contributed by atoms with Crippen molar-refractivity contribution in [3.8, 4) is 5.75 Å². The van der Waals surface area contributed by atoms with Crippen molar-refractivity contribution in [3.05, 3.63) is 24.3 Å². The van der Waals surface area contributed by atoms with Crippen LogP contribution in [0.5, 0.6) is 5.75 Å². The van der Waals surface area contributed by atoms with E-state index in [1.807, 2.05) is 12.1 Å². The number of para-hydroxylation sites is 2. The van der Waals surface area contributed by atoms with Gasteiger partial charge in [-0.2, -0.15) is 0 Å². The Balaban J connectivity index is 1.75. The lowest BCUT2D eigenvalue weighted by atomic mass is 10.2. The van der Waals surface area contributed by atoms with E-state index < -0.39 is 6.10 Å². The third-order valence-corrected chi connectivity index (χ3v) is 3.25. The van der Waals surface area contributed by atoms with Gasteiger partial charge < -0.3 is 25.4 Å². The zero-order chi connectivity index (χ0) is 14.4. The SMILES string of the molecule is Nc1ccccc1OCC(O)CN1CCOC(CO)C1. The quantitative estimate of drug-likeness (QED) is 0.621. The van der Waals surface area contributed by atoms with Crippen molar-refractivity contribution in [2.75, 3.05) is 45.2 Å². The van der Waals surface area contributed by atoms with Crippen molar-refractivity contribution >= 4 is 5.69 Å². The van der Waals surface area contributed by atoms with Gasteiger partial charge >= 0.3 is 0 Å². The van der Waals surface area contributed by atoms with Crippen molar-refractivity contribution < 1.29 is 19.7 Å². The molecule has 0 bridgehead atoms. The molecule has 0 amide bonds. The zero-order valence-electron chi connectivity index (χ0n) is 11.4. The molecule has 0 spiro atoms. The smallest absolute Gasteiger partial charge is 0.142 e. The van der Waals surface area contributed by atoms with Crippen LogP contribution in [0.2, 0.25) is 0 Å². The number of hydrogen-bond acceptors (Lipinski definition) is 6. The molecule has 1 aliphatic heterocycles. The highest BCUT2D eigenvalue weighted by Crippen LogP contribution is 2.19. The summed E-state index contributed by atoms with van der Waals surface area (Å²) in [6.07, 6.45) is -0.770. The van der Waals surface area contributed by atoms with E-state index in [2.05, 4.69) is 4.90 Å². The summed E-state index contributed by atoms with van der Waals surface area (Å²) in [6, 6.07) is 7.21. The first kappa shape index (κ1) is 15.1. The lowest BCUT2D eigenvalue weighted by Gasteiger charge is -2.33. The highest BCUT2D eigenvalue weighted by molar-refractivity contribution is 5.51.